The Morgan fingerprint density at radius 1 is 1.37 bits per heavy atom. The van der Waals surface area contributed by atoms with Gasteiger partial charge in [-0.1, -0.05) is 0 Å². The fraction of sp³-hybridized carbons (Fsp3) is 0.533. The van der Waals surface area contributed by atoms with E-state index in [4.69, 9.17) is 5.73 Å². The van der Waals surface area contributed by atoms with Gasteiger partial charge in [0.05, 0.1) is 17.4 Å². The number of nitrogens with zero attached hydrogens (tertiary/aromatic N) is 3. The number of amides is 1. The molecule has 3 N–H and O–H groups in total. The number of sulfonamides is 1. The van der Waals surface area contributed by atoms with Crippen LogP contribution in [-0.2, 0) is 10.0 Å². The number of halogens is 2. The van der Waals surface area contributed by atoms with Crippen LogP contribution in [0.3, 0.4) is 0 Å². The first-order valence-corrected chi connectivity index (χ1v) is 10.5. The predicted molar refractivity (Wildman–Crippen MR) is 98.5 cm³/mol. The Kier molecular flexibility index (Phi) is 4.85. The smallest absolute Gasteiger partial charge is 0.263 e. The Bertz CT molecular complexity index is 1010. The third kappa shape index (κ3) is 3.87. The summed E-state index contributed by atoms with van der Waals surface area (Å²) in [6.07, 6.45) is 0. The van der Waals surface area contributed by atoms with Crippen molar-refractivity contribution in [2.75, 3.05) is 24.6 Å². The second-order valence-electron chi connectivity index (χ2n) is 6.75. The normalized spacial score (nSPS) is 16.5. The minimum Gasteiger partial charge on any atom is -0.397 e. The summed E-state index contributed by atoms with van der Waals surface area (Å²) in [5.41, 5.74) is 7.96. The summed E-state index contributed by atoms with van der Waals surface area (Å²) in [5.74, 6) is -5.01. The first kappa shape index (κ1) is 19.8. The molecule has 12 heteroatoms. The monoisotopic (exact) mass is 419 g/mol. The van der Waals surface area contributed by atoms with Crippen molar-refractivity contribution in [3.05, 3.63) is 16.1 Å². The first-order valence-electron chi connectivity index (χ1n) is 8.07. The molecule has 0 saturated carbocycles. The maximum Gasteiger partial charge on any atom is 0.263 e. The number of fused-ring (bicyclic) bond motifs is 1. The fourth-order valence-corrected chi connectivity index (χ4v) is 5.47. The maximum atomic E-state index is 13.0. The van der Waals surface area contributed by atoms with Gasteiger partial charge in [0, 0.05) is 25.4 Å². The van der Waals surface area contributed by atoms with Crippen LogP contribution < -0.4 is 11.1 Å². The molecule has 0 spiro atoms. The van der Waals surface area contributed by atoms with Gasteiger partial charge in [-0.15, -0.1) is 16.4 Å². The highest BCUT2D eigenvalue weighted by Crippen LogP contribution is 2.35. The van der Waals surface area contributed by atoms with Crippen LogP contribution in [0.15, 0.2) is 0 Å². The summed E-state index contributed by atoms with van der Waals surface area (Å²) in [4.78, 5) is 13.3. The van der Waals surface area contributed by atoms with Crippen LogP contribution in [0.5, 0.6) is 0 Å². The molecule has 8 nitrogen and oxygen atoms in total. The van der Waals surface area contributed by atoms with Crippen molar-refractivity contribution in [3.8, 4) is 0 Å². The van der Waals surface area contributed by atoms with Gasteiger partial charge >= 0.3 is 0 Å². The molecular weight excluding hydrogens is 400 g/mol. The minimum absolute atomic E-state index is 0.0487. The van der Waals surface area contributed by atoms with Gasteiger partial charge in [0.1, 0.15) is 15.5 Å². The molecule has 2 aromatic rings. The molecule has 1 saturated heterocycles. The second-order valence-corrected chi connectivity index (χ2v) is 9.72. The summed E-state index contributed by atoms with van der Waals surface area (Å²) in [7, 11) is -4.06. The summed E-state index contributed by atoms with van der Waals surface area (Å²) in [6, 6.07) is -0.462. The standard InChI is InChI=1S/C15H19F2N5O3S2/c1-7-8(2)20-21-14-10(7)11(18)12(26-14)13(23)19-9-4-22(5-9)27(24,25)6-15(3,16)17/h9H,4-6,18H2,1-3H3,(H,19,23). The lowest BCUT2D eigenvalue weighted by Crippen LogP contribution is -2.61. The largest absolute Gasteiger partial charge is 0.397 e. The Balaban J connectivity index is 1.69. The third-order valence-corrected chi connectivity index (χ3v) is 7.40. The van der Waals surface area contributed by atoms with E-state index in [0.717, 1.165) is 21.2 Å². The number of thiophene rings is 1. The number of carbonyl (C=O) groups is 1. The molecule has 0 aromatic carbocycles. The second kappa shape index (κ2) is 6.60. The Labute approximate surface area is 158 Å². The quantitative estimate of drug-likeness (QED) is 0.754. The Morgan fingerprint density at radius 2 is 2.00 bits per heavy atom. The van der Waals surface area contributed by atoms with Crippen molar-refractivity contribution >= 4 is 43.2 Å². The van der Waals surface area contributed by atoms with Crippen LogP contribution in [0.4, 0.5) is 14.5 Å². The average Bonchev–Trinajstić information content (AvgIpc) is 2.81. The number of rotatable bonds is 5. The molecule has 2 aromatic heterocycles. The fourth-order valence-electron chi connectivity index (χ4n) is 2.83. The summed E-state index contributed by atoms with van der Waals surface area (Å²) in [5, 5.41) is 11.4. The number of nitrogens with one attached hydrogen (secondary N) is 1. The molecule has 1 aliphatic rings. The number of nitrogens with two attached hydrogens (primary N) is 1. The highest BCUT2D eigenvalue weighted by atomic mass is 32.2. The van der Waals surface area contributed by atoms with E-state index in [-0.39, 0.29) is 18.0 Å². The minimum atomic E-state index is -4.06. The molecule has 1 amide bonds. The van der Waals surface area contributed by atoms with E-state index in [1.807, 2.05) is 6.92 Å². The van der Waals surface area contributed by atoms with Gasteiger partial charge in [-0.25, -0.2) is 17.2 Å². The van der Waals surface area contributed by atoms with Crippen molar-refractivity contribution in [1.29, 1.82) is 0 Å². The number of carbonyl (C=O) groups excluding carboxylic acids is 1. The summed E-state index contributed by atoms with van der Waals surface area (Å²) >= 11 is 1.10. The highest BCUT2D eigenvalue weighted by Gasteiger charge is 2.41. The Hall–Kier alpha value is -1.92. The number of aryl methyl sites for hydroxylation is 2. The van der Waals surface area contributed by atoms with E-state index < -0.39 is 33.6 Å². The molecule has 1 aliphatic heterocycles. The summed E-state index contributed by atoms with van der Waals surface area (Å²) < 4.78 is 50.6. The molecular formula is C15H19F2N5O3S2. The van der Waals surface area contributed by atoms with Gasteiger partial charge < -0.3 is 11.1 Å². The number of nitrogen functional groups attached to an aromatic ring is 1. The van der Waals surface area contributed by atoms with Crippen LogP contribution in [0.2, 0.25) is 0 Å². The number of hydrogen-bond donors (Lipinski definition) is 2. The highest BCUT2D eigenvalue weighted by molar-refractivity contribution is 7.89. The zero-order chi connectivity index (χ0) is 20.1. The van der Waals surface area contributed by atoms with Gasteiger partial charge in [0.2, 0.25) is 10.0 Å². The van der Waals surface area contributed by atoms with Gasteiger partial charge in [-0.3, -0.25) is 4.79 Å². The van der Waals surface area contributed by atoms with Crippen LogP contribution in [-0.4, -0.2) is 59.6 Å². The van der Waals surface area contributed by atoms with E-state index in [0.29, 0.717) is 28.5 Å². The Morgan fingerprint density at radius 3 is 2.59 bits per heavy atom. The molecule has 0 aliphatic carbocycles. The van der Waals surface area contributed by atoms with E-state index in [9.17, 15) is 22.0 Å². The lowest BCUT2D eigenvalue weighted by Gasteiger charge is -2.38. The molecule has 0 bridgehead atoms. The van der Waals surface area contributed by atoms with Crippen LogP contribution in [0.1, 0.15) is 27.9 Å². The number of anilines is 1. The first-order chi connectivity index (χ1) is 12.4. The van der Waals surface area contributed by atoms with Gasteiger partial charge in [-0.2, -0.15) is 9.40 Å². The maximum absolute atomic E-state index is 13.0. The summed E-state index contributed by atoms with van der Waals surface area (Å²) in [6.45, 7) is 4.09. The SMILES string of the molecule is Cc1nnc2sc(C(=O)NC3CN(S(=O)(=O)CC(C)(F)F)C3)c(N)c2c1C. The van der Waals surface area contributed by atoms with E-state index >= 15 is 0 Å². The van der Waals surface area contributed by atoms with E-state index in [1.54, 1.807) is 6.92 Å². The number of alkyl halides is 2. The molecule has 27 heavy (non-hydrogen) atoms. The third-order valence-electron chi connectivity index (χ3n) is 4.35. The lowest BCUT2D eigenvalue weighted by molar-refractivity contribution is 0.0449. The molecule has 0 atom stereocenters. The van der Waals surface area contributed by atoms with Crippen LogP contribution in [0.25, 0.3) is 10.2 Å². The number of hydrogen-bond acceptors (Lipinski definition) is 7. The van der Waals surface area contributed by atoms with E-state index in [2.05, 4.69) is 15.5 Å². The van der Waals surface area contributed by atoms with Crippen molar-refractivity contribution in [2.24, 2.45) is 0 Å². The molecule has 3 heterocycles. The number of aromatic nitrogens is 2. The van der Waals surface area contributed by atoms with Gasteiger partial charge in [0.25, 0.3) is 11.8 Å². The topological polar surface area (TPSA) is 118 Å². The van der Waals surface area contributed by atoms with Crippen molar-refractivity contribution in [3.63, 3.8) is 0 Å². The predicted octanol–water partition coefficient (Wildman–Crippen LogP) is 1.29. The van der Waals surface area contributed by atoms with E-state index in [1.165, 1.54) is 0 Å². The molecule has 3 rings (SSSR count). The van der Waals surface area contributed by atoms with Crippen molar-refractivity contribution in [2.45, 2.75) is 32.7 Å². The molecule has 0 unspecified atom stereocenters. The van der Waals surface area contributed by atoms with Gasteiger partial charge in [0.15, 0.2) is 0 Å². The zero-order valence-corrected chi connectivity index (χ0v) is 16.5. The molecule has 148 valence electrons. The van der Waals surface area contributed by atoms with Gasteiger partial charge in [-0.05, 0) is 19.4 Å². The van der Waals surface area contributed by atoms with Crippen molar-refractivity contribution < 1.29 is 22.0 Å². The van der Waals surface area contributed by atoms with Crippen LogP contribution in [0, 0.1) is 13.8 Å². The lowest BCUT2D eigenvalue weighted by atomic mass is 10.1. The average molecular weight is 419 g/mol. The van der Waals surface area contributed by atoms with Crippen molar-refractivity contribution in [1.82, 2.24) is 19.8 Å². The van der Waals surface area contributed by atoms with Crippen LogP contribution >= 0.6 is 11.3 Å². The molecule has 0 radical (unpaired) electrons. The molecule has 1 fully saturated rings. The zero-order valence-electron chi connectivity index (χ0n) is 14.9.